The number of nitrogens with zero attached hydrogens (tertiary/aromatic N) is 1. The number of hydrogen-bond donors (Lipinski definition) is 2. The Kier molecular flexibility index (Phi) is 8.84. The highest BCUT2D eigenvalue weighted by molar-refractivity contribution is 7.89. The van der Waals surface area contributed by atoms with Gasteiger partial charge in [-0.3, -0.25) is 9.59 Å². The molecule has 0 aromatic heterocycles. The molecular formula is C27H31N3O5S. The van der Waals surface area contributed by atoms with Gasteiger partial charge in [0.2, 0.25) is 21.8 Å². The van der Waals surface area contributed by atoms with Crippen LogP contribution in [0.3, 0.4) is 0 Å². The zero-order chi connectivity index (χ0) is 26.3. The predicted molar refractivity (Wildman–Crippen MR) is 140 cm³/mol. The van der Waals surface area contributed by atoms with Gasteiger partial charge >= 0.3 is 0 Å². The lowest BCUT2D eigenvalue weighted by Crippen LogP contribution is -2.51. The first-order valence-corrected chi connectivity index (χ1v) is 12.9. The van der Waals surface area contributed by atoms with Crippen LogP contribution in [0.15, 0.2) is 77.7 Å². The van der Waals surface area contributed by atoms with E-state index in [0.717, 1.165) is 16.7 Å². The van der Waals surface area contributed by atoms with Gasteiger partial charge in [-0.2, -0.15) is 0 Å². The van der Waals surface area contributed by atoms with Crippen LogP contribution in [-0.4, -0.2) is 47.0 Å². The molecule has 9 heteroatoms. The maximum atomic E-state index is 13.4. The molecule has 0 aliphatic heterocycles. The number of ether oxygens (including phenoxy) is 1. The third-order valence-corrected chi connectivity index (χ3v) is 7.02. The lowest BCUT2D eigenvalue weighted by Gasteiger charge is -2.25. The first kappa shape index (κ1) is 26.9. The number of carbonyl (C=O) groups is 2. The standard InChI is InChI=1S/C27H31N3O5S/c1-19-14-20(2)16-24(15-19)36(33,34)28-18-26(31)29-25(17-21-8-6-5-7-9-21)27(32)30(3)22-10-12-23(35-4)13-11-22/h5-16,25,28H,17-18H2,1-4H3,(H,29,31). The molecule has 0 spiro atoms. The smallest absolute Gasteiger partial charge is 0.249 e. The molecule has 1 atom stereocenters. The van der Waals surface area contributed by atoms with E-state index in [9.17, 15) is 18.0 Å². The lowest BCUT2D eigenvalue weighted by atomic mass is 10.0. The summed E-state index contributed by atoms with van der Waals surface area (Å²) in [6.45, 7) is 3.11. The number of aryl methyl sites for hydroxylation is 2. The number of nitrogens with one attached hydrogen (secondary N) is 2. The molecule has 8 nitrogen and oxygen atoms in total. The first-order valence-electron chi connectivity index (χ1n) is 11.4. The van der Waals surface area contributed by atoms with E-state index < -0.39 is 28.5 Å². The Morgan fingerprint density at radius 1 is 0.944 bits per heavy atom. The Labute approximate surface area is 212 Å². The highest BCUT2D eigenvalue weighted by Crippen LogP contribution is 2.19. The van der Waals surface area contributed by atoms with Crippen molar-refractivity contribution in [3.05, 3.63) is 89.5 Å². The zero-order valence-corrected chi connectivity index (χ0v) is 21.6. The number of likely N-dealkylation sites (N-methyl/N-ethyl adjacent to an activating group) is 1. The van der Waals surface area contributed by atoms with Crippen LogP contribution >= 0.6 is 0 Å². The Morgan fingerprint density at radius 3 is 2.14 bits per heavy atom. The molecule has 0 radical (unpaired) electrons. The van der Waals surface area contributed by atoms with E-state index in [1.54, 1.807) is 64.4 Å². The van der Waals surface area contributed by atoms with Gasteiger partial charge in [-0.1, -0.05) is 36.4 Å². The molecule has 2 N–H and O–H groups in total. The van der Waals surface area contributed by atoms with Crippen molar-refractivity contribution in [1.82, 2.24) is 10.0 Å². The summed E-state index contributed by atoms with van der Waals surface area (Å²) in [6, 6.07) is 20.3. The van der Waals surface area contributed by atoms with Crippen LogP contribution in [0.25, 0.3) is 0 Å². The summed E-state index contributed by atoms with van der Waals surface area (Å²) in [5.74, 6) is -0.292. The van der Waals surface area contributed by atoms with Gasteiger partial charge in [0.1, 0.15) is 11.8 Å². The van der Waals surface area contributed by atoms with Gasteiger partial charge in [0.25, 0.3) is 0 Å². The number of benzene rings is 3. The summed E-state index contributed by atoms with van der Waals surface area (Å²) >= 11 is 0. The van der Waals surface area contributed by atoms with Crippen LogP contribution in [-0.2, 0) is 26.0 Å². The van der Waals surface area contributed by atoms with E-state index >= 15 is 0 Å². The average Bonchev–Trinajstić information content (AvgIpc) is 2.86. The van der Waals surface area contributed by atoms with Crippen molar-refractivity contribution in [3.8, 4) is 5.75 Å². The Hall–Kier alpha value is -3.69. The van der Waals surface area contributed by atoms with Gasteiger partial charge in [0.05, 0.1) is 18.6 Å². The minimum atomic E-state index is -3.90. The fourth-order valence-electron chi connectivity index (χ4n) is 3.79. The minimum absolute atomic E-state index is 0.0870. The summed E-state index contributed by atoms with van der Waals surface area (Å²) in [6.07, 6.45) is 0.246. The first-order chi connectivity index (χ1) is 17.1. The van der Waals surface area contributed by atoms with Crippen molar-refractivity contribution in [2.45, 2.75) is 31.2 Å². The molecule has 3 aromatic carbocycles. The maximum Gasteiger partial charge on any atom is 0.249 e. The van der Waals surface area contributed by atoms with E-state index in [2.05, 4.69) is 10.0 Å². The molecule has 3 rings (SSSR count). The van der Waals surface area contributed by atoms with Crippen molar-refractivity contribution >= 4 is 27.5 Å². The molecule has 0 heterocycles. The molecular weight excluding hydrogens is 478 g/mol. The summed E-state index contributed by atoms with van der Waals surface area (Å²) < 4.78 is 32.9. The fraction of sp³-hybridized carbons (Fsp3) is 0.259. The Balaban J connectivity index is 1.74. The molecule has 36 heavy (non-hydrogen) atoms. The van der Waals surface area contributed by atoms with E-state index in [1.807, 2.05) is 36.4 Å². The monoisotopic (exact) mass is 509 g/mol. The predicted octanol–water partition coefficient (Wildman–Crippen LogP) is 2.98. The number of anilines is 1. The second kappa shape index (κ2) is 11.8. The largest absolute Gasteiger partial charge is 0.497 e. The molecule has 190 valence electrons. The number of methoxy groups -OCH3 is 1. The normalized spacial score (nSPS) is 12.0. The van der Waals surface area contributed by atoms with E-state index in [1.165, 1.54) is 4.90 Å². The lowest BCUT2D eigenvalue weighted by molar-refractivity contribution is -0.126. The second-order valence-electron chi connectivity index (χ2n) is 8.55. The third kappa shape index (κ3) is 7.16. The van der Waals surface area contributed by atoms with E-state index in [-0.39, 0.29) is 17.2 Å². The molecule has 2 amide bonds. The zero-order valence-electron chi connectivity index (χ0n) is 20.8. The van der Waals surface area contributed by atoms with Crippen molar-refractivity contribution < 1.29 is 22.7 Å². The number of rotatable bonds is 10. The highest BCUT2D eigenvalue weighted by Gasteiger charge is 2.26. The molecule has 0 saturated heterocycles. The molecule has 0 bridgehead atoms. The van der Waals surface area contributed by atoms with Crippen molar-refractivity contribution in [2.24, 2.45) is 0 Å². The van der Waals surface area contributed by atoms with Crippen LogP contribution in [0.5, 0.6) is 5.75 Å². The molecule has 1 unspecified atom stereocenters. The van der Waals surface area contributed by atoms with Crippen LogP contribution in [0.2, 0.25) is 0 Å². The average molecular weight is 510 g/mol. The molecule has 0 saturated carbocycles. The SMILES string of the molecule is COc1ccc(N(C)C(=O)C(Cc2ccccc2)NC(=O)CNS(=O)(=O)c2cc(C)cc(C)c2)cc1. The van der Waals surface area contributed by atoms with Crippen LogP contribution in [0.4, 0.5) is 5.69 Å². The van der Waals surface area contributed by atoms with Gasteiger partial charge < -0.3 is 15.0 Å². The Morgan fingerprint density at radius 2 is 1.56 bits per heavy atom. The number of hydrogen-bond acceptors (Lipinski definition) is 5. The highest BCUT2D eigenvalue weighted by atomic mass is 32.2. The van der Waals surface area contributed by atoms with Gasteiger partial charge in [-0.15, -0.1) is 0 Å². The minimum Gasteiger partial charge on any atom is -0.497 e. The molecule has 3 aromatic rings. The molecule has 0 fully saturated rings. The second-order valence-corrected chi connectivity index (χ2v) is 10.3. The number of amides is 2. The van der Waals surface area contributed by atoms with Crippen molar-refractivity contribution in [2.75, 3.05) is 25.6 Å². The molecule has 0 aliphatic rings. The fourth-order valence-corrected chi connectivity index (χ4v) is 4.96. The maximum absolute atomic E-state index is 13.4. The van der Waals surface area contributed by atoms with Gasteiger partial charge in [-0.05, 0) is 66.9 Å². The van der Waals surface area contributed by atoms with Gasteiger partial charge in [-0.25, -0.2) is 13.1 Å². The van der Waals surface area contributed by atoms with Crippen molar-refractivity contribution in [3.63, 3.8) is 0 Å². The summed E-state index contributed by atoms with van der Waals surface area (Å²) in [4.78, 5) is 27.7. The summed E-state index contributed by atoms with van der Waals surface area (Å²) in [5.41, 5.74) is 3.09. The Bertz CT molecular complexity index is 1290. The quantitative estimate of drug-likeness (QED) is 0.437. The number of sulfonamides is 1. The van der Waals surface area contributed by atoms with Gasteiger partial charge in [0, 0.05) is 19.2 Å². The van der Waals surface area contributed by atoms with Crippen LogP contribution < -0.4 is 19.7 Å². The van der Waals surface area contributed by atoms with Crippen molar-refractivity contribution in [1.29, 1.82) is 0 Å². The summed E-state index contributed by atoms with van der Waals surface area (Å²) in [7, 11) is -0.718. The van der Waals surface area contributed by atoms with E-state index in [0.29, 0.717) is 11.4 Å². The third-order valence-electron chi connectivity index (χ3n) is 5.63. The van der Waals surface area contributed by atoms with Gasteiger partial charge in [0.15, 0.2) is 0 Å². The van der Waals surface area contributed by atoms with Crippen LogP contribution in [0, 0.1) is 13.8 Å². The van der Waals surface area contributed by atoms with Crippen LogP contribution in [0.1, 0.15) is 16.7 Å². The number of carbonyl (C=O) groups excluding carboxylic acids is 2. The topological polar surface area (TPSA) is 105 Å². The van der Waals surface area contributed by atoms with E-state index in [4.69, 9.17) is 4.74 Å². The summed E-state index contributed by atoms with van der Waals surface area (Å²) in [5, 5.41) is 2.70. The molecule has 0 aliphatic carbocycles.